The van der Waals surface area contributed by atoms with E-state index in [2.05, 4.69) is 0 Å². The summed E-state index contributed by atoms with van der Waals surface area (Å²) in [6.45, 7) is 0.783. The molecule has 1 saturated heterocycles. The highest BCUT2D eigenvalue weighted by molar-refractivity contribution is 7.89. The average molecular weight is 415 g/mol. The van der Waals surface area contributed by atoms with Crippen molar-refractivity contribution < 1.29 is 22.5 Å². The maximum atomic E-state index is 13.2. The van der Waals surface area contributed by atoms with Gasteiger partial charge in [0.05, 0.1) is 14.8 Å². The van der Waals surface area contributed by atoms with Gasteiger partial charge >= 0.3 is 5.69 Å². The summed E-state index contributed by atoms with van der Waals surface area (Å²) in [7, 11) is -3.82. The molecule has 0 unspecified atom stereocenters. The predicted molar refractivity (Wildman–Crippen MR) is 97.2 cm³/mol. The Labute approximate surface area is 160 Å². The molecule has 3 rings (SSSR count). The molecule has 0 radical (unpaired) electrons. The van der Waals surface area contributed by atoms with Gasteiger partial charge in [-0.1, -0.05) is 18.0 Å². The van der Waals surface area contributed by atoms with Crippen molar-refractivity contribution in [3.05, 3.63) is 57.4 Å². The molecule has 0 amide bonds. The van der Waals surface area contributed by atoms with E-state index < -0.39 is 26.5 Å². The summed E-state index contributed by atoms with van der Waals surface area (Å²) in [4.78, 5) is 10.5. The molecule has 2 aromatic rings. The molecule has 0 aromatic heterocycles. The van der Waals surface area contributed by atoms with Gasteiger partial charge in [0.1, 0.15) is 11.6 Å². The number of hydrogen-bond acceptors (Lipinski definition) is 5. The Morgan fingerprint density at radius 2 is 1.81 bits per heavy atom. The number of rotatable bonds is 5. The number of hydrogen-bond donors (Lipinski definition) is 0. The van der Waals surface area contributed by atoms with Gasteiger partial charge in [0.15, 0.2) is 0 Å². The molecule has 0 atom stereocenters. The molecule has 7 nitrogen and oxygen atoms in total. The van der Waals surface area contributed by atoms with Crippen LogP contribution in [0.1, 0.15) is 19.3 Å². The molecule has 0 N–H and O–H groups in total. The molecule has 0 bridgehead atoms. The van der Waals surface area contributed by atoms with Crippen LogP contribution in [0.15, 0.2) is 41.3 Å². The highest BCUT2D eigenvalue weighted by Crippen LogP contribution is 2.35. The minimum absolute atomic E-state index is 0.0936. The molecule has 0 spiro atoms. The number of piperidine rings is 1. The van der Waals surface area contributed by atoms with Gasteiger partial charge in [-0.3, -0.25) is 10.1 Å². The number of ether oxygens (including phenoxy) is 1. The highest BCUT2D eigenvalue weighted by atomic mass is 35.5. The third-order valence-corrected chi connectivity index (χ3v) is 6.38. The Morgan fingerprint density at radius 1 is 1.11 bits per heavy atom. The fourth-order valence-electron chi connectivity index (χ4n) is 2.81. The van der Waals surface area contributed by atoms with Crippen LogP contribution in [-0.4, -0.2) is 30.7 Å². The number of halogens is 2. The van der Waals surface area contributed by atoms with E-state index in [0.29, 0.717) is 13.1 Å². The summed E-state index contributed by atoms with van der Waals surface area (Å²) < 4.78 is 45.4. The Hall–Kier alpha value is -2.23. The zero-order valence-corrected chi connectivity index (χ0v) is 15.7. The standard InChI is InChI=1S/C17H16ClFN2O5S/c18-14-10-12(4-6-15(14)19)26-17-7-5-13(11-16(17)21(22)23)27(24,25)20-8-2-1-3-9-20/h4-7,10-11H,1-3,8-9H2. The van der Waals surface area contributed by atoms with E-state index in [0.717, 1.165) is 31.4 Å². The van der Waals surface area contributed by atoms with E-state index >= 15 is 0 Å². The molecule has 0 saturated carbocycles. The quantitative estimate of drug-likeness (QED) is 0.535. The lowest BCUT2D eigenvalue weighted by atomic mass is 10.2. The lowest BCUT2D eigenvalue weighted by Crippen LogP contribution is -2.35. The largest absolute Gasteiger partial charge is 0.450 e. The molecular weight excluding hydrogens is 399 g/mol. The lowest BCUT2D eigenvalue weighted by Gasteiger charge is -2.25. The third kappa shape index (κ3) is 4.20. The van der Waals surface area contributed by atoms with Crippen molar-refractivity contribution in [1.82, 2.24) is 4.31 Å². The molecule has 144 valence electrons. The Balaban J connectivity index is 1.95. The summed E-state index contributed by atoms with van der Waals surface area (Å²) in [5, 5.41) is 11.2. The molecule has 27 heavy (non-hydrogen) atoms. The first-order chi connectivity index (χ1) is 12.8. The molecule has 1 heterocycles. The van der Waals surface area contributed by atoms with Crippen LogP contribution in [0.4, 0.5) is 10.1 Å². The molecule has 1 fully saturated rings. The van der Waals surface area contributed by atoms with Crippen molar-refractivity contribution in [3.63, 3.8) is 0 Å². The number of nitrogens with zero attached hydrogens (tertiary/aromatic N) is 2. The molecule has 1 aliphatic rings. The Kier molecular flexibility index (Phi) is 5.64. The average Bonchev–Trinajstić information content (AvgIpc) is 2.65. The van der Waals surface area contributed by atoms with Crippen molar-refractivity contribution in [2.45, 2.75) is 24.2 Å². The van der Waals surface area contributed by atoms with E-state index in [1.165, 1.54) is 28.6 Å². The first-order valence-electron chi connectivity index (χ1n) is 8.20. The summed E-state index contributed by atoms with van der Waals surface area (Å²) in [6.07, 6.45) is 2.47. The fraction of sp³-hybridized carbons (Fsp3) is 0.294. The second-order valence-corrected chi connectivity index (χ2v) is 8.37. The van der Waals surface area contributed by atoms with Crippen molar-refractivity contribution in [2.24, 2.45) is 0 Å². The zero-order chi connectivity index (χ0) is 19.6. The molecule has 2 aromatic carbocycles. The zero-order valence-electron chi connectivity index (χ0n) is 14.1. The minimum atomic E-state index is -3.82. The van der Waals surface area contributed by atoms with E-state index in [4.69, 9.17) is 16.3 Å². The van der Waals surface area contributed by atoms with E-state index in [-0.39, 0.29) is 21.4 Å². The van der Waals surface area contributed by atoms with Gasteiger partial charge in [-0.15, -0.1) is 0 Å². The second kappa shape index (κ2) is 7.79. The number of nitro groups is 1. The van der Waals surface area contributed by atoms with Crippen LogP contribution in [0.25, 0.3) is 0 Å². The minimum Gasteiger partial charge on any atom is -0.450 e. The first kappa shape index (κ1) is 19.5. The maximum absolute atomic E-state index is 13.2. The third-order valence-electron chi connectivity index (χ3n) is 4.20. The highest BCUT2D eigenvalue weighted by Gasteiger charge is 2.29. The van der Waals surface area contributed by atoms with Crippen LogP contribution in [0.3, 0.4) is 0 Å². The second-order valence-electron chi connectivity index (χ2n) is 6.03. The predicted octanol–water partition coefficient (Wildman–Crippen LogP) is 4.35. The van der Waals surface area contributed by atoms with E-state index in [1.807, 2.05) is 0 Å². The normalized spacial score (nSPS) is 15.5. The number of benzene rings is 2. The van der Waals surface area contributed by atoms with Crippen molar-refractivity contribution >= 4 is 27.3 Å². The van der Waals surface area contributed by atoms with Gasteiger partial charge in [-0.05, 0) is 37.1 Å². The van der Waals surface area contributed by atoms with Gasteiger partial charge in [0.2, 0.25) is 15.8 Å². The van der Waals surface area contributed by atoms with Crippen LogP contribution in [-0.2, 0) is 10.0 Å². The van der Waals surface area contributed by atoms with Crippen molar-refractivity contribution in [3.8, 4) is 11.5 Å². The van der Waals surface area contributed by atoms with E-state index in [1.54, 1.807) is 0 Å². The lowest BCUT2D eigenvalue weighted by molar-refractivity contribution is -0.385. The number of sulfonamides is 1. The van der Waals surface area contributed by atoms with Gasteiger partial charge < -0.3 is 4.74 Å². The van der Waals surface area contributed by atoms with E-state index in [9.17, 15) is 22.9 Å². The summed E-state index contributed by atoms with van der Waals surface area (Å²) in [5.74, 6) is -0.724. The SMILES string of the molecule is O=[N+]([O-])c1cc(S(=O)(=O)N2CCCCC2)ccc1Oc1ccc(F)c(Cl)c1. The van der Waals surface area contributed by atoms with Crippen LogP contribution in [0.2, 0.25) is 5.02 Å². The van der Waals surface area contributed by atoms with Gasteiger partial charge in [0.25, 0.3) is 0 Å². The van der Waals surface area contributed by atoms with Crippen molar-refractivity contribution in [2.75, 3.05) is 13.1 Å². The van der Waals surface area contributed by atoms with Crippen LogP contribution in [0, 0.1) is 15.9 Å². The summed E-state index contributed by atoms with van der Waals surface area (Å²) >= 11 is 5.68. The fourth-order valence-corrected chi connectivity index (χ4v) is 4.52. The van der Waals surface area contributed by atoms with Gasteiger partial charge in [-0.25, -0.2) is 12.8 Å². The summed E-state index contributed by atoms with van der Waals surface area (Å²) in [5.41, 5.74) is -0.506. The monoisotopic (exact) mass is 414 g/mol. The van der Waals surface area contributed by atoms with Crippen LogP contribution < -0.4 is 4.74 Å². The molecule has 1 aliphatic heterocycles. The van der Waals surface area contributed by atoms with Crippen molar-refractivity contribution in [1.29, 1.82) is 0 Å². The topological polar surface area (TPSA) is 89.8 Å². The van der Waals surface area contributed by atoms with Crippen LogP contribution >= 0.6 is 11.6 Å². The first-order valence-corrected chi connectivity index (χ1v) is 10.0. The molecule has 0 aliphatic carbocycles. The van der Waals surface area contributed by atoms with Gasteiger partial charge in [-0.2, -0.15) is 4.31 Å². The number of nitro benzene ring substituents is 1. The Bertz CT molecular complexity index is 977. The van der Waals surface area contributed by atoms with Crippen LogP contribution in [0.5, 0.6) is 11.5 Å². The maximum Gasteiger partial charge on any atom is 0.312 e. The smallest absolute Gasteiger partial charge is 0.312 e. The summed E-state index contributed by atoms with van der Waals surface area (Å²) in [6, 6.07) is 6.97. The van der Waals surface area contributed by atoms with Gasteiger partial charge in [0, 0.05) is 25.2 Å². The Morgan fingerprint density at radius 3 is 2.44 bits per heavy atom. The molecule has 10 heteroatoms. The molecular formula is C17H16ClFN2O5S.